The molecule has 0 rings (SSSR count). The second-order valence-electron chi connectivity index (χ2n) is 11.5. The first-order chi connectivity index (χ1) is 20.7. The smallest absolute Gasteiger partial charge is 0.472 e. The summed E-state index contributed by atoms with van der Waals surface area (Å²) in [5.74, 6) is -1.37. The minimum atomic E-state index is -4.53. The minimum Gasteiger partial charge on any atom is -0.480 e. The number of aliphatic hydroxyl groups is 1. The lowest BCUT2D eigenvalue weighted by Crippen LogP contribution is -2.34. The molecule has 0 amide bonds. The second kappa shape index (κ2) is 29.8. The maximum Gasteiger partial charge on any atom is 0.472 e. The molecule has 0 aliphatic heterocycles. The van der Waals surface area contributed by atoms with E-state index in [0.717, 1.165) is 19.3 Å². The van der Waals surface area contributed by atoms with Crippen molar-refractivity contribution in [1.82, 2.24) is 0 Å². The maximum atomic E-state index is 11.7. The van der Waals surface area contributed by atoms with E-state index in [1.165, 1.54) is 109 Å². The van der Waals surface area contributed by atoms with Crippen LogP contribution in [0.25, 0.3) is 0 Å². The summed E-state index contributed by atoms with van der Waals surface area (Å²) >= 11 is 0. The molecule has 0 bridgehead atoms. The monoisotopic (exact) mass is 637 g/mol. The van der Waals surface area contributed by atoms with Crippen molar-refractivity contribution in [2.45, 2.75) is 154 Å². The SMILES string of the molecule is CCCCCC/C=C\CCCCCCCCCCCCCCCC(COC[C@@H](O)COP(=O)(O)OC[C@H](N)C(=O)O)OC. The van der Waals surface area contributed by atoms with Crippen LogP contribution in [0.5, 0.6) is 0 Å². The molecule has 43 heavy (non-hydrogen) atoms. The maximum absolute atomic E-state index is 11.7. The lowest BCUT2D eigenvalue weighted by molar-refractivity contribution is -0.139. The molecule has 0 fully saturated rings. The standard InChI is InChI=1S/C32H64NO9P/c1-3-4-5-6-7-8-9-10-11-12-13-14-15-16-17-18-19-20-21-22-23-24-30(39-2)27-40-25-29(34)26-41-43(37,38)42-28-31(33)32(35)36/h8-9,29-31,34H,3-7,10-28,33H2,1-2H3,(H,35,36)(H,37,38)/b9-8-/t29-,30?,31+/m1/s1. The van der Waals surface area contributed by atoms with Crippen LogP contribution in [0, 0.1) is 0 Å². The number of hydrogen-bond acceptors (Lipinski definition) is 8. The van der Waals surface area contributed by atoms with E-state index in [1.54, 1.807) is 7.11 Å². The minimum absolute atomic E-state index is 0.0883. The lowest BCUT2D eigenvalue weighted by Gasteiger charge is -2.18. The van der Waals surface area contributed by atoms with Crippen molar-refractivity contribution in [3.63, 3.8) is 0 Å². The number of allylic oxidation sites excluding steroid dienone is 2. The Morgan fingerprint density at radius 1 is 0.744 bits per heavy atom. The van der Waals surface area contributed by atoms with Gasteiger partial charge in [-0.05, 0) is 32.1 Å². The fraction of sp³-hybridized carbons (Fsp3) is 0.906. The molecule has 4 atom stereocenters. The van der Waals surface area contributed by atoms with Crippen molar-refractivity contribution >= 4 is 13.8 Å². The summed E-state index contributed by atoms with van der Waals surface area (Å²) in [6.45, 7) is 1.25. The zero-order valence-corrected chi connectivity index (χ0v) is 28.1. The van der Waals surface area contributed by atoms with Gasteiger partial charge < -0.3 is 30.3 Å². The molecule has 0 aromatic rings. The zero-order chi connectivity index (χ0) is 32.0. The van der Waals surface area contributed by atoms with Crippen LogP contribution in [-0.2, 0) is 27.9 Å². The summed E-state index contributed by atoms with van der Waals surface area (Å²) in [5.41, 5.74) is 5.21. The largest absolute Gasteiger partial charge is 0.480 e. The molecule has 0 saturated heterocycles. The summed E-state index contributed by atoms with van der Waals surface area (Å²) in [5, 5.41) is 18.6. The van der Waals surface area contributed by atoms with Crippen LogP contribution in [0.2, 0.25) is 0 Å². The third kappa shape index (κ3) is 29.6. The Morgan fingerprint density at radius 2 is 1.21 bits per heavy atom. The van der Waals surface area contributed by atoms with Crippen molar-refractivity contribution in [3.05, 3.63) is 12.2 Å². The number of nitrogens with two attached hydrogens (primary N) is 1. The number of rotatable bonds is 33. The van der Waals surface area contributed by atoms with Gasteiger partial charge in [0.25, 0.3) is 0 Å². The summed E-state index contributed by atoms with van der Waals surface area (Å²) in [6, 6.07) is -1.45. The molecule has 0 radical (unpaired) electrons. The summed E-state index contributed by atoms with van der Waals surface area (Å²) < 4.78 is 31.8. The highest BCUT2D eigenvalue weighted by atomic mass is 31.2. The number of aliphatic carboxylic acids is 1. The average Bonchev–Trinajstić information content (AvgIpc) is 2.98. The Labute approximate surface area is 261 Å². The van der Waals surface area contributed by atoms with Gasteiger partial charge >= 0.3 is 13.8 Å². The van der Waals surface area contributed by atoms with E-state index in [0.29, 0.717) is 6.61 Å². The second-order valence-corrected chi connectivity index (χ2v) is 13.0. The Hall–Kier alpha value is -0.840. The number of phosphoric ester groups is 1. The van der Waals surface area contributed by atoms with E-state index in [2.05, 4.69) is 28.1 Å². The molecule has 0 aromatic carbocycles. The number of carboxylic acids is 1. The van der Waals surface area contributed by atoms with E-state index >= 15 is 0 Å². The van der Waals surface area contributed by atoms with Gasteiger partial charge in [-0.1, -0.05) is 115 Å². The van der Waals surface area contributed by atoms with Crippen molar-refractivity contribution in [3.8, 4) is 0 Å². The molecule has 0 spiro atoms. The first-order valence-corrected chi connectivity index (χ1v) is 18.2. The van der Waals surface area contributed by atoms with Gasteiger partial charge in [-0.2, -0.15) is 0 Å². The fourth-order valence-corrected chi connectivity index (χ4v) is 5.40. The predicted molar refractivity (Wildman–Crippen MR) is 172 cm³/mol. The highest BCUT2D eigenvalue weighted by molar-refractivity contribution is 7.47. The van der Waals surface area contributed by atoms with Crippen molar-refractivity contribution in [2.24, 2.45) is 5.73 Å². The highest BCUT2D eigenvalue weighted by Gasteiger charge is 2.25. The van der Waals surface area contributed by atoms with Crippen LogP contribution >= 0.6 is 7.82 Å². The van der Waals surface area contributed by atoms with Gasteiger partial charge in [0.15, 0.2) is 0 Å². The van der Waals surface area contributed by atoms with E-state index in [4.69, 9.17) is 20.3 Å². The third-order valence-corrected chi connectivity index (χ3v) is 8.35. The molecule has 0 aromatic heterocycles. The van der Waals surface area contributed by atoms with Gasteiger partial charge in [-0.25, -0.2) is 4.57 Å². The zero-order valence-electron chi connectivity index (χ0n) is 27.2. The normalized spacial score (nSPS) is 15.5. The van der Waals surface area contributed by atoms with Crippen LogP contribution in [0.4, 0.5) is 0 Å². The van der Waals surface area contributed by atoms with E-state index in [9.17, 15) is 19.4 Å². The Kier molecular flexibility index (Phi) is 29.3. The number of aliphatic hydroxyl groups excluding tert-OH is 1. The number of phosphoric acid groups is 1. The van der Waals surface area contributed by atoms with Gasteiger partial charge in [-0.15, -0.1) is 0 Å². The molecule has 0 aliphatic carbocycles. The summed E-state index contributed by atoms with van der Waals surface area (Å²) in [4.78, 5) is 20.2. The Balaban J connectivity index is 3.55. The van der Waals surface area contributed by atoms with Crippen molar-refractivity contribution in [2.75, 3.05) is 33.5 Å². The van der Waals surface area contributed by atoms with Crippen LogP contribution in [0.1, 0.15) is 135 Å². The summed E-state index contributed by atoms with van der Waals surface area (Å²) in [6.07, 6.45) is 29.2. The fourth-order valence-electron chi connectivity index (χ4n) is 4.62. The topological polar surface area (TPSA) is 158 Å². The molecule has 0 saturated carbocycles. The van der Waals surface area contributed by atoms with Crippen LogP contribution < -0.4 is 5.73 Å². The summed E-state index contributed by atoms with van der Waals surface area (Å²) in [7, 11) is -2.90. The number of hydrogen-bond donors (Lipinski definition) is 4. The molecule has 0 heterocycles. The Bertz CT molecular complexity index is 710. The average molecular weight is 638 g/mol. The first-order valence-electron chi connectivity index (χ1n) is 16.8. The van der Waals surface area contributed by atoms with Gasteiger partial charge in [0.1, 0.15) is 12.1 Å². The first kappa shape index (κ1) is 42.2. The van der Waals surface area contributed by atoms with Crippen LogP contribution in [0.15, 0.2) is 12.2 Å². The molecule has 256 valence electrons. The number of methoxy groups -OCH3 is 1. The van der Waals surface area contributed by atoms with Gasteiger partial charge in [-0.3, -0.25) is 13.8 Å². The van der Waals surface area contributed by atoms with Gasteiger partial charge in [0.05, 0.1) is 32.5 Å². The molecule has 0 aliphatic rings. The van der Waals surface area contributed by atoms with Crippen LogP contribution in [-0.4, -0.2) is 72.9 Å². The highest BCUT2D eigenvalue weighted by Crippen LogP contribution is 2.43. The Morgan fingerprint density at radius 3 is 1.70 bits per heavy atom. The van der Waals surface area contributed by atoms with E-state index < -0.39 is 39.2 Å². The van der Waals surface area contributed by atoms with Crippen LogP contribution in [0.3, 0.4) is 0 Å². The molecular formula is C32H64NO9P. The number of carbonyl (C=O) groups is 1. The predicted octanol–water partition coefficient (Wildman–Crippen LogP) is 7.30. The van der Waals surface area contributed by atoms with E-state index in [-0.39, 0.29) is 12.7 Å². The quantitative estimate of drug-likeness (QED) is 0.0327. The third-order valence-electron chi connectivity index (χ3n) is 7.40. The van der Waals surface area contributed by atoms with Gasteiger partial charge in [0.2, 0.25) is 0 Å². The molecule has 5 N–H and O–H groups in total. The van der Waals surface area contributed by atoms with Gasteiger partial charge in [0, 0.05) is 7.11 Å². The van der Waals surface area contributed by atoms with Crippen molar-refractivity contribution in [1.29, 1.82) is 0 Å². The number of carboxylic acid groups (broad SMARTS) is 1. The number of ether oxygens (including phenoxy) is 2. The molecule has 10 nitrogen and oxygen atoms in total. The molecular weight excluding hydrogens is 573 g/mol. The lowest BCUT2D eigenvalue weighted by atomic mass is 10.0. The number of unbranched alkanes of at least 4 members (excludes halogenated alkanes) is 17. The van der Waals surface area contributed by atoms with E-state index in [1.807, 2.05) is 0 Å². The van der Waals surface area contributed by atoms with Crippen molar-refractivity contribution < 1.29 is 43.0 Å². The molecule has 2 unspecified atom stereocenters. The molecule has 11 heteroatoms.